The predicted molar refractivity (Wildman–Crippen MR) is 159 cm³/mol. The van der Waals surface area contributed by atoms with Gasteiger partial charge in [-0.2, -0.15) is 0 Å². The Hall–Kier alpha value is -4.26. The smallest absolute Gasteiger partial charge is 0.295 e. The summed E-state index contributed by atoms with van der Waals surface area (Å²) in [6.45, 7) is 9.84. The average Bonchev–Trinajstić information content (AvgIpc) is 3.22. The number of hydrogen-bond donors (Lipinski definition) is 1. The molecule has 7 heteroatoms. The number of amides is 1. The lowest BCUT2D eigenvalue weighted by Gasteiger charge is -2.26. The summed E-state index contributed by atoms with van der Waals surface area (Å²) in [6.07, 6.45) is 1.46. The zero-order valence-electron chi connectivity index (χ0n) is 24.3. The van der Waals surface area contributed by atoms with Gasteiger partial charge in [0.15, 0.2) is 11.5 Å². The number of likely N-dealkylation sites (tertiary alicyclic amines) is 1. The van der Waals surface area contributed by atoms with E-state index in [4.69, 9.17) is 14.2 Å². The van der Waals surface area contributed by atoms with Gasteiger partial charge < -0.3 is 24.2 Å². The van der Waals surface area contributed by atoms with Crippen molar-refractivity contribution in [1.29, 1.82) is 0 Å². The Morgan fingerprint density at radius 1 is 0.878 bits per heavy atom. The van der Waals surface area contributed by atoms with E-state index in [0.717, 1.165) is 12.0 Å². The lowest BCUT2D eigenvalue weighted by Crippen LogP contribution is -2.31. The highest BCUT2D eigenvalue weighted by Crippen LogP contribution is 2.42. The van der Waals surface area contributed by atoms with Gasteiger partial charge >= 0.3 is 0 Å². The normalized spacial score (nSPS) is 16.3. The van der Waals surface area contributed by atoms with E-state index in [0.29, 0.717) is 67.1 Å². The highest BCUT2D eigenvalue weighted by atomic mass is 16.5. The number of aliphatic hydroxyl groups excluding tert-OH is 1. The van der Waals surface area contributed by atoms with E-state index in [1.54, 1.807) is 29.2 Å². The third-order valence-corrected chi connectivity index (χ3v) is 7.00. The summed E-state index contributed by atoms with van der Waals surface area (Å²) < 4.78 is 17.5. The number of nitrogens with zero attached hydrogens (tertiary/aromatic N) is 1. The molecule has 1 aliphatic heterocycles. The molecule has 1 heterocycles. The highest BCUT2D eigenvalue weighted by molar-refractivity contribution is 6.46. The standard InChI is InChI=1S/C34H39NO6/c1-5-39-27-15-12-25(13-16-27)32(36)30-31(35(34(38)33(30)37)20-18-24-10-8-7-9-11-24)26-14-17-28(29(22-26)40-6-2)41-21-19-23(3)4/h7-17,22-23,31,36H,5-6,18-21H2,1-4H3/b32-30+. The molecule has 7 nitrogen and oxygen atoms in total. The average molecular weight is 558 g/mol. The van der Waals surface area contributed by atoms with Crippen LogP contribution < -0.4 is 14.2 Å². The third kappa shape index (κ3) is 7.09. The van der Waals surface area contributed by atoms with Crippen molar-refractivity contribution in [3.8, 4) is 17.2 Å². The first-order valence-corrected chi connectivity index (χ1v) is 14.3. The van der Waals surface area contributed by atoms with Crippen LogP contribution in [-0.4, -0.2) is 48.1 Å². The summed E-state index contributed by atoms with van der Waals surface area (Å²) in [6, 6.07) is 21.3. The Bertz CT molecular complexity index is 1360. The monoisotopic (exact) mass is 557 g/mol. The molecule has 3 aromatic carbocycles. The molecule has 0 bridgehead atoms. The van der Waals surface area contributed by atoms with Crippen LogP contribution in [0.1, 0.15) is 56.8 Å². The van der Waals surface area contributed by atoms with Crippen LogP contribution in [0.15, 0.2) is 78.4 Å². The topological polar surface area (TPSA) is 85.3 Å². The number of carbonyl (C=O) groups excluding carboxylic acids is 2. The zero-order chi connectivity index (χ0) is 29.4. The number of ether oxygens (including phenoxy) is 3. The number of hydrogen-bond acceptors (Lipinski definition) is 6. The lowest BCUT2D eigenvalue weighted by molar-refractivity contribution is -0.139. The van der Waals surface area contributed by atoms with Crippen LogP contribution in [-0.2, 0) is 16.0 Å². The van der Waals surface area contributed by atoms with Crippen molar-refractivity contribution >= 4 is 17.4 Å². The van der Waals surface area contributed by atoms with Crippen LogP contribution in [0.2, 0.25) is 0 Å². The molecule has 0 spiro atoms. The Balaban J connectivity index is 1.76. The molecular formula is C34H39NO6. The molecular weight excluding hydrogens is 518 g/mol. The van der Waals surface area contributed by atoms with Gasteiger partial charge in [-0.15, -0.1) is 0 Å². The van der Waals surface area contributed by atoms with E-state index < -0.39 is 17.7 Å². The fraction of sp³-hybridized carbons (Fsp3) is 0.353. The molecule has 0 radical (unpaired) electrons. The number of rotatable bonds is 13. The van der Waals surface area contributed by atoms with Crippen LogP contribution in [0.25, 0.3) is 5.76 Å². The van der Waals surface area contributed by atoms with Gasteiger partial charge in [0.2, 0.25) is 0 Å². The van der Waals surface area contributed by atoms with Crippen LogP contribution in [0.4, 0.5) is 0 Å². The molecule has 4 rings (SSSR count). The van der Waals surface area contributed by atoms with E-state index >= 15 is 0 Å². The first-order valence-electron chi connectivity index (χ1n) is 14.3. The third-order valence-electron chi connectivity index (χ3n) is 7.00. The van der Waals surface area contributed by atoms with Gasteiger partial charge in [-0.05, 0) is 80.1 Å². The Kier molecular flexibility index (Phi) is 10.1. The molecule has 1 fully saturated rings. The van der Waals surface area contributed by atoms with Gasteiger partial charge in [-0.25, -0.2) is 0 Å². The number of Topliss-reactive ketones (excluding diaryl/α,β-unsaturated/α-hetero) is 1. The summed E-state index contributed by atoms with van der Waals surface area (Å²) in [4.78, 5) is 28.5. The van der Waals surface area contributed by atoms with Crippen LogP contribution in [0, 0.1) is 5.92 Å². The van der Waals surface area contributed by atoms with E-state index in [-0.39, 0.29) is 11.3 Å². The molecule has 3 aromatic rings. The van der Waals surface area contributed by atoms with Gasteiger partial charge in [0.1, 0.15) is 11.5 Å². The summed E-state index contributed by atoms with van der Waals surface area (Å²) in [5, 5.41) is 11.4. The molecule has 1 aliphatic rings. The summed E-state index contributed by atoms with van der Waals surface area (Å²) in [5.41, 5.74) is 2.18. The van der Waals surface area contributed by atoms with Crippen LogP contribution >= 0.6 is 0 Å². The largest absolute Gasteiger partial charge is 0.507 e. The molecule has 1 N–H and O–H groups in total. The summed E-state index contributed by atoms with van der Waals surface area (Å²) in [7, 11) is 0. The first-order chi connectivity index (χ1) is 19.8. The minimum absolute atomic E-state index is 0.0446. The summed E-state index contributed by atoms with van der Waals surface area (Å²) >= 11 is 0. The SMILES string of the molecule is CCOc1ccc(/C(O)=C2\C(=O)C(=O)N(CCc3ccccc3)C2c2ccc(OCCC(C)C)c(OCC)c2)cc1. The van der Waals surface area contributed by atoms with Crippen molar-refractivity contribution < 1.29 is 28.9 Å². The molecule has 1 saturated heterocycles. The fourth-order valence-corrected chi connectivity index (χ4v) is 4.87. The Labute approximate surface area is 242 Å². The van der Waals surface area contributed by atoms with Gasteiger partial charge in [0, 0.05) is 12.1 Å². The summed E-state index contributed by atoms with van der Waals surface area (Å²) in [5.74, 6) is 0.690. The molecule has 1 atom stereocenters. The zero-order valence-corrected chi connectivity index (χ0v) is 24.3. The highest BCUT2D eigenvalue weighted by Gasteiger charge is 2.46. The Morgan fingerprint density at radius 2 is 1.59 bits per heavy atom. The number of carbonyl (C=O) groups is 2. The van der Waals surface area contributed by atoms with Crippen molar-refractivity contribution in [1.82, 2.24) is 4.90 Å². The van der Waals surface area contributed by atoms with Gasteiger partial charge in [-0.1, -0.05) is 50.2 Å². The molecule has 41 heavy (non-hydrogen) atoms. The van der Waals surface area contributed by atoms with Gasteiger partial charge in [0.25, 0.3) is 11.7 Å². The fourth-order valence-electron chi connectivity index (χ4n) is 4.87. The van der Waals surface area contributed by atoms with Gasteiger partial charge in [-0.3, -0.25) is 9.59 Å². The molecule has 0 saturated carbocycles. The van der Waals surface area contributed by atoms with E-state index in [1.165, 1.54) is 0 Å². The second-order valence-corrected chi connectivity index (χ2v) is 10.4. The van der Waals surface area contributed by atoms with Crippen LogP contribution in [0.5, 0.6) is 17.2 Å². The second-order valence-electron chi connectivity index (χ2n) is 10.4. The number of benzene rings is 3. The molecule has 1 unspecified atom stereocenters. The maximum atomic E-state index is 13.5. The second kappa shape index (κ2) is 13.9. The maximum absolute atomic E-state index is 13.5. The van der Waals surface area contributed by atoms with E-state index in [2.05, 4.69) is 13.8 Å². The molecule has 0 aliphatic carbocycles. The van der Waals surface area contributed by atoms with E-state index in [1.807, 2.05) is 62.4 Å². The predicted octanol–water partition coefficient (Wildman–Crippen LogP) is 6.57. The van der Waals surface area contributed by atoms with Crippen molar-refractivity contribution in [3.63, 3.8) is 0 Å². The van der Waals surface area contributed by atoms with Crippen molar-refractivity contribution in [2.24, 2.45) is 5.92 Å². The molecule has 216 valence electrons. The first kappa shape index (κ1) is 29.7. The maximum Gasteiger partial charge on any atom is 0.295 e. The van der Waals surface area contributed by atoms with Gasteiger partial charge in [0.05, 0.1) is 31.4 Å². The lowest BCUT2D eigenvalue weighted by atomic mass is 9.94. The number of aliphatic hydroxyl groups is 1. The van der Waals surface area contributed by atoms with E-state index in [9.17, 15) is 14.7 Å². The minimum atomic E-state index is -0.797. The molecule has 0 aromatic heterocycles. The molecule has 1 amide bonds. The quantitative estimate of drug-likeness (QED) is 0.145. The van der Waals surface area contributed by atoms with Crippen molar-refractivity contribution in [3.05, 3.63) is 95.1 Å². The Morgan fingerprint density at radius 3 is 2.24 bits per heavy atom. The van der Waals surface area contributed by atoms with Crippen LogP contribution in [0.3, 0.4) is 0 Å². The van der Waals surface area contributed by atoms with Crippen molar-refractivity contribution in [2.75, 3.05) is 26.4 Å². The minimum Gasteiger partial charge on any atom is -0.507 e. The van der Waals surface area contributed by atoms with Crippen molar-refractivity contribution in [2.45, 2.75) is 46.6 Å². The number of ketones is 1.